The molecule has 1 aromatic carbocycles. The zero-order valence-electron chi connectivity index (χ0n) is 10.7. The molecule has 0 radical (unpaired) electrons. The third-order valence-corrected chi connectivity index (χ3v) is 3.80. The minimum atomic E-state index is -4.49. The smallest absolute Gasteiger partial charge is 0.366 e. The highest BCUT2D eigenvalue weighted by atomic mass is 19.4. The summed E-state index contributed by atoms with van der Waals surface area (Å²) in [4.78, 5) is 1.41. The van der Waals surface area contributed by atoms with E-state index in [1.807, 2.05) is 0 Å². The highest BCUT2D eigenvalue weighted by Crippen LogP contribution is 2.49. The van der Waals surface area contributed by atoms with Crippen molar-refractivity contribution in [2.75, 3.05) is 16.9 Å². The topological polar surface area (TPSA) is 15.3 Å². The van der Waals surface area contributed by atoms with Crippen molar-refractivity contribution in [2.45, 2.75) is 37.9 Å². The molecule has 0 saturated heterocycles. The quantitative estimate of drug-likeness (QED) is 0.787. The van der Waals surface area contributed by atoms with Crippen molar-refractivity contribution in [3.8, 4) is 0 Å². The first-order valence-electron chi connectivity index (χ1n) is 6.27. The average molecular weight is 292 g/mol. The first kappa shape index (κ1) is 13.5. The second-order valence-corrected chi connectivity index (χ2v) is 5.43. The van der Waals surface area contributed by atoms with Crippen LogP contribution in [0.1, 0.15) is 24.0 Å². The maximum Gasteiger partial charge on any atom is 0.418 e. The van der Waals surface area contributed by atoms with Gasteiger partial charge < -0.3 is 10.2 Å². The van der Waals surface area contributed by atoms with E-state index in [9.17, 15) is 22.0 Å². The number of benzene rings is 1. The molecule has 1 saturated carbocycles. The molecule has 0 aromatic heterocycles. The first-order valence-corrected chi connectivity index (χ1v) is 6.27. The Morgan fingerprint density at radius 2 is 1.90 bits per heavy atom. The Morgan fingerprint density at radius 3 is 2.45 bits per heavy atom. The van der Waals surface area contributed by atoms with Gasteiger partial charge in [-0.2, -0.15) is 13.2 Å². The number of alkyl halides is 5. The SMILES string of the molecule is Cc1cc2c(c(C(F)(F)F)c1)N(C1CC(F)(F)C1)CN2. The fourth-order valence-corrected chi connectivity index (χ4v) is 2.85. The Labute approximate surface area is 112 Å². The van der Waals surface area contributed by atoms with Crippen LogP contribution < -0.4 is 10.2 Å². The molecule has 2 aliphatic rings. The van der Waals surface area contributed by atoms with Crippen molar-refractivity contribution >= 4 is 11.4 Å². The van der Waals surface area contributed by atoms with Gasteiger partial charge in [0.1, 0.15) is 0 Å². The molecule has 0 spiro atoms. The lowest BCUT2D eigenvalue weighted by atomic mass is 9.86. The van der Waals surface area contributed by atoms with Gasteiger partial charge in [-0.1, -0.05) is 0 Å². The fraction of sp³-hybridized carbons (Fsp3) is 0.538. The van der Waals surface area contributed by atoms with Gasteiger partial charge in [0.25, 0.3) is 5.92 Å². The van der Waals surface area contributed by atoms with E-state index in [0.717, 1.165) is 6.07 Å². The molecule has 1 N–H and O–H groups in total. The number of hydrogen-bond donors (Lipinski definition) is 1. The molecule has 0 amide bonds. The van der Waals surface area contributed by atoms with Gasteiger partial charge in [-0.15, -0.1) is 0 Å². The van der Waals surface area contributed by atoms with Crippen molar-refractivity contribution in [2.24, 2.45) is 0 Å². The third-order valence-electron chi connectivity index (χ3n) is 3.80. The summed E-state index contributed by atoms with van der Waals surface area (Å²) >= 11 is 0. The summed E-state index contributed by atoms with van der Waals surface area (Å²) in [5, 5.41) is 2.86. The molecule has 3 rings (SSSR count). The van der Waals surface area contributed by atoms with Gasteiger partial charge in [0, 0.05) is 18.9 Å². The lowest BCUT2D eigenvalue weighted by Crippen LogP contribution is -2.51. The number of aryl methyl sites for hydroxylation is 1. The van der Waals surface area contributed by atoms with Crippen LogP contribution >= 0.6 is 0 Å². The van der Waals surface area contributed by atoms with Gasteiger partial charge in [0.15, 0.2) is 0 Å². The van der Waals surface area contributed by atoms with Gasteiger partial charge in [-0.3, -0.25) is 0 Å². The van der Waals surface area contributed by atoms with Crippen LogP contribution in [0, 0.1) is 6.92 Å². The molecule has 7 heteroatoms. The van der Waals surface area contributed by atoms with Crippen LogP contribution in [0.2, 0.25) is 0 Å². The normalized spacial score (nSPS) is 21.4. The monoisotopic (exact) mass is 292 g/mol. The molecular formula is C13H13F5N2. The number of rotatable bonds is 1. The first-order chi connectivity index (χ1) is 9.17. The predicted octanol–water partition coefficient (Wildman–Crippen LogP) is 4.00. The third kappa shape index (κ3) is 2.09. The highest BCUT2D eigenvalue weighted by Gasteiger charge is 2.50. The van der Waals surface area contributed by atoms with Gasteiger partial charge >= 0.3 is 6.18 Å². The molecule has 0 unspecified atom stereocenters. The minimum absolute atomic E-state index is 0.00333. The molecule has 1 aromatic rings. The Kier molecular flexibility index (Phi) is 2.68. The molecule has 1 aliphatic heterocycles. The molecule has 20 heavy (non-hydrogen) atoms. The van der Waals surface area contributed by atoms with Crippen LogP contribution in [-0.4, -0.2) is 18.6 Å². The average Bonchev–Trinajstić information content (AvgIpc) is 2.66. The van der Waals surface area contributed by atoms with Crippen molar-refractivity contribution in [3.63, 3.8) is 0 Å². The summed E-state index contributed by atoms with van der Waals surface area (Å²) in [5.41, 5.74) is 0.105. The van der Waals surface area contributed by atoms with Crippen molar-refractivity contribution in [1.82, 2.24) is 0 Å². The van der Waals surface area contributed by atoms with E-state index in [0.29, 0.717) is 11.3 Å². The van der Waals surface area contributed by atoms with E-state index in [4.69, 9.17) is 0 Å². The minimum Gasteiger partial charge on any atom is -0.366 e. The van der Waals surface area contributed by atoms with Gasteiger partial charge in [-0.25, -0.2) is 8.78 Å². The molecule has 0 bridgehead atoms. The number of nitrogens with one attached hydrogen (secondary N) is 1. The lowest BCUT2D eigenvalue weighted by molar-refractivity contribution is -0.137. The van der Waals surface area contributed by atoms with E-state index < -0.39 is 23.7 Å². The number of halogens is 5. The van der Waals surface area contributed by atoms with Crippen molar-refractivity contribution in [3.05, 3.63) is 23.3 Å². The van der Waals surface area contributed by atoms with Crippen molar-refractivity contribution in [1.29, 1.82) is 0 Å². The summed E-state index contributed by atoms with van der Waals surface area (Å²) in [6, 6.07) is 2.14. The molecule has 2 nitrogen and oxygen atoms in total. The zero-order valence-corrected chi connectivity index (χ0v) is 10.7. The number of hydrogen-bond acceptors (Lipinski definition) is 2. The Hall–Kier alpha value is -1.53. The van der Waals surface area contributed by atoms with Crippen LogP contribution in [0.25, 0.3) is 0 Å². The number of fused-ring (bicyclic) bond motifs is 1. The highest BCUT2D eigenvalue weighted by molar-refractivity contribution is 5.80. The standard InChI is InChI=1S/C13H13F5N2/c1-7-2-9(13(16,17)18)11-10(3-7)19-6-20(11)8-4-12(14,15)5-8/h2-3,8,19H,4-6H2,1H3. The number of nitrogens with zero attached hydrogens (tertiary/aromatic N) is 1. The van der Waals surface area contributed by atoms with E-state index in [2.05, 4.69) is 5.32 Å². The summed E-state index contributed by atoms with van der Waals surface area (Å²) in [6.07, 6.45) is -5.27. The van der Waals surface area contributed by atoms with Crippen LogP contribution in [0.4, 0.5) is 33.3 Å². The summed E-state index contributed by atoms with van der Waals surface area (Å²) in [5.74, 6) is -2.75. The molecule has 110 valence electrons. The second kappa shape index (κ2) is 3.99. The molecule has 1 heterocycles. The fourth-order valence-electron chi connectivity index (χ4n) is 2.85. The van der Waals surface area contributed by atoms with Crippen LogP contribution in [0.3, 0.4) is 0 Å². The predicted molar refractivity (Wildman–Crippen MR) is 65.1 cm³/mol. The van der Waals surface area contributed by atoms with Crippen LogP contribution in [0.15, 0.2) is 12.1 Å². The van der Waals surface area contributed by atoms with Crippen LogP contribution in [-0.2, 0) is 6.18 Å². The van der Waals surface area contributed by atoms with Crippen LogP contribution in [0.5, 0.6) is 0 Å². The maximum absolute atomic E-state index is 13.1. The second-order valence-electron chi connectivity index (χ2n) is 5.43. The van der Waals surface area contributed by atoms with E-state index in [1.165, 1.54) is 4.90 Å². The molecule has 1 fully saturated rings. The lowest BCUT2D eigenvalue weighted by Gasteiger charge is -2.42. The van der Waals surface area contributed by atoms with Gasteiger partial charge in [-0.05, 0) is 24.6 Å². The largest absolute Gasteiger partial charge is 0.418 e. The molecule has 0 atom stereocenters. The van der Waals surface area contributed by atoms with Gasteiger partial charge in [0.2, 0.25) is 0 Å². The summed E-state index contributed by atoms with van der Waals surface area (Å²) < 4.78 is 65.3. The van der Waals surface area contributed by atoms with E-state index in [-0.39, 0.29) is 25.2 Å². The zero-order chi connectivity index (χ0) is 14.7. The summed E-state index contributed by atoms with van der Waals surface area (Å²) in [6.45, 7) is 1.72. The van der Waals surface area contributed by atoms with E-state index in [1.54, 1.807) is 13.0 Å². The van der Waals surface area contributed by atoms with E-state index >= 15 is 0 Å². The maximum atomic E-state index is 13.1. The van der Waals surface area contributed by atoms with Gasteiger partial charge in [0.05, 0.1) is 23.6 Å². The Bertz CT molecular complexity index is 544. The van der Waals surface area contributed by atoms with Crippen molar-refractivity contribution < 1.29 is 22.0 Å². The Morgan fingerprint density at radius 1 is 1.25 bits per heavy atom. The Balaban J connectivity index is 2.00. The summed E-state index contributed by atoms with van der Waals surface area (Å²) in [7, 11) is 0. The number of anilines is 2. The molecular weight excluding hydrogens is 279 g/mol. The molecule has 1 aliphatic carbocycles.